The lowest BCUT2D eigenvalue weighted by atomic mass is 10.2. The number of nitrogen functional groups attached to an aromatic ring is 1. The molecule has 0 aliphatic heterocycles. The molecule has 1 aromatic carbocycles. The number of anilines is 1. The van der Waals surface area contributed by atoms with Crippen molar-refractivity contribution in [1.82, 2.24) is 10.2 Å². The van der Waals surface area contributed by atoms with Crippen LogP contribution in [-0.4, -0.2) is 37.5 Å². The van der Waals surface area contributed by atoms with Gasteiger partial charge in [0.05, 0.1) is 0 Å². The van der Waals surface area contributed by atoms with E-state index < -0.39 is 0 Å². The number of hydrogen-bond acceptors (Lipinski definition) is 3. The molecule has 5 heteroatoms. The zero-order valence-corrected chi connectivity index (χ0v) is 11.1. The van der Waals surface area contributed by atoms with Crippen LogP contribution in [0.4, 0.5) is 5.69 Å². The van der Waals surface area contributed by atoms with Crippen molar-refractivity contribution >= 4 is 24.0 Å². The molecule has 0 bridgehead atoms. The molecule has 0 aliphatic carbocycles. The van der Waals surface area contributed by atoms with E-state index in [4.69, 9.17) is 5.73 Å². The average Bonchev–Trinajstić information content (AvgIpc) is 2.29. The zero-order valence-electron chi connectivity index (χ0n) is 10.3. The second kappa shape index (κ2) is 7.92. The molecule has 0 radical (unpaired) electrons. The van der Waals surface area contributed by atoms with Crippen molar-refractivity contribution in [2.45, 2.75) is 6.92 Å². The summed E-state index contributed by atoms with van der Waals surface area (Å²) in [6, 6.07) is 6.92. The van der Waals surface area contributed by atoms with E-state index in [0.717, 1.165) is 13.1 Å². The molecular weight excluding hydrogens is 238 g/mol. The number of rotatable bonds is 5. The van der Waals surface area contributed by atoms with E-state index in [9.17, 15) is 4.79 Å². The van der Waals surface area contributed by atoms with Crippen LogP contribution in [0.5, 0.6) is 0 Å². The van der Waals surface area contributed by atoms with Crippen molar-refractivity contribution in [1.29, 1.82) is 0 Å². The third kappa shape index (κ3) is 5.56. The fourth-order valence-corrected chi connectivity index (χ4v) is 1.25. The van der Waals surface area contributed by atoms with Gasteiger partial charge >= 0.3 is 0 Å². The monoisotopic (exact) mass is 257 g/mol. The van der Waals surface area contributed by atoms with Gasteiger partial charge in [0.25, 0.3) is 5.91 Å². The number of halogens is 1. The first-order valence-electron chi connectivity index (χ1n) is 5.45. The Kier molecular flexibility index (Phi) is 7.34. The van der Waals surface area contributed by atoms with Gasteiger partial charge in [-0.1, -0.05) is 6.92 Å². The summed E-state index contributed by atoms with van der Waals surface area (Å²) in [6.45, 7) is 4.59. The molecule has 0 aromatic heterocycles. The van der Waals surface area contributed by atoms with Gasteiger partial charge in [0, 0.05) is 24.3 Å². The summed E-state index contributed by atoms with van der Waals surface area (Å²) in [5.41, 5.74) is 6.86. The fraction of sp³-hybridized carbons (Fsp3) is 0.417. The summed E-state index contributed by atoms with van der Waals surface area (Å²) in [5.74, 6) is -0.0514. The Morgan fingerprint density at radius 3 is 2.47 bits per heavy atom. The van der Waals surface area contributed by atoms with Gasteiger partial charge in [-0.25, -0.2) is 0 Å². The van der Waals surface area contributed by atoms with Gasteiger partial charge in [0.15, 0.2) is 0 Å². The lowest BCUT2D eigenvalue weighted by Gasteiger charge is -2.13. The summed E-state index contributed by atoms with van der Waals surface area (Å²) in [5, 5.41) is 2.86. The van der Waals surface area contributed by atoms with E-state index in [1.807, 2.05) is 7.05 Å². The molecular formula is C12H20ClN3O. The van der Waals surface area contributed by atoms with Gasteiger partial charge in [-0.15, -0.1) is 12.4 Å². The van der Waals surface area contributed by atoms with Gasteiger partial charge in [-0.3, -0.25) is 4.79 Å². The minimum Gasteiger partial charge on any atom is -0.399 e. The molecule has 0 fully saturated rings. The highest BCUT2D eigenvalue weighted by Gasteiger charge is 2.04. The summed E-state index contributed by atoms with van der Waals surface area (Å²) in [7, 11) is 2.02. The smallest absolute Gasteiger partial charge is 0.251 e. The Balaban J connectivity index is 0.00000256. The largest absolute Gasteiger partial charge is 0.399 e. The summed E-state index contributed by atoms with van der Waals surface area (Å²) >= 11 is 0. The highest BCUT2D eigenvalue weighted by Crippen LogP contribution is 2.04. The predicted octanol–water partition coefficient (Wildman–Crippen LogP) is 1.37. The van der Waals surface area contributed by atoms with Crippen LogP contribution in [-0.2, 0) is 0 Å². The normalized spacial score (nSPS) is 9.82. The zero-order chi connectivity index (χ0) is 12.0. The van der Waals surface area contributed by atoms with Crippen molar-refractivity contribution in [2.24, 2.45) is 0 Å². The number of likely N-dealkylation sites (N-methyl/N-ethyl adjacent to an activating group) is 1. The van der Waals surface area contributed by atoms with Gasteiger partial charge in [-0.05, 0) is 37.9 Å². The topological polar surface area (TPSA) is 58.4 Å². The molecule has 0 saturated carbocycles. The molecule has 0 atom stereocenters. The number of hydrogen-bond donors (Lipinski definition) is 2. The third-order valence-corrected chi connectivity index (χ3v) is 2.49. The van der Waals surface area contributed by atoms with Crippen molar-refractivity contribution in [2.75, 3.05) is 32.4 Å². The number of nitrogens with two attached hydrogens (primary N) is 1. The van der Waals surface area contributed by atoms with Gasteiger partial charge in [0.1, 0.15) is 0 Å². The van der Waals surface area contributed by atoms with Crippen molar-refractivity contribution in [3.63, 3.8) is 0 Å². The predicted molar refractivity (Wildman–Crippen MR) is 73.6 cm³/mol. The van der Waals surface area contributed by atoms with Gasteiger partial charge in [-0.2, -0.15) is 0 Å². The van der Waals surface area contributed by atoms with E-state index in [1.165, 1.54) is 0 Å². The molecule has 0 aliphatic rings. The lowest BCUT2D eigenvalue weighted by molar-refractivity contribution is 0.0950. The third-order valence-electron chi connectivity index (χ3n) is 2.49. The van der Waals surface area contributed by atoms with Crippen molar-refractivity contribution < 1.29 is 4.79 Å². The number of carbonyl (C=O) groups is 1. The number of amides is 1. The van der Waals surface area contributed by atoms with Gasteiger partial charge in [0.2, 0.25) is 0 Å². The molecule has 0 spiro atoms. The second-order valence-corrected chi connectivity index (χ2v) is 3.77. The van der Waals surface area contributed by atoms with Crippen LogP contribution in [0.1, 0.15) is 17.3 Å². The molecule has 1 rings (SSSR count). The first-order chi connectivity index (χ1) is 7.63. The minimum atomic E-state index is -0.0514. The maximum atomic E-state index is 11.7. The first kappa shape index (κ1) is 15.7. The van der Waals surface area contributed by atoms with E-state index >= 15 is 0 Å². The van der Waals surface area contributed by atoms with Crippen molar-refractivity contribution in [3.8, 4) is 0 Å². The maximum Gasteiger partial charge on any atom is 0.251 e. The number of nitrogens with one attached hydrogen (secondary N) is 1. The van der Waals surface area contributed by atoms with Crippen LogP contribution in [0.25, 0.3) is 0 Å². The Bertz CT molecular complexity index is 340. The molecule has 17 heavy (non-hydrogen) atoms. The Hall–Kier alpha value is -1.26. The summed E-state index contributed by atoms with van der Waals surface area (Å²) < 4.78 is 0. The fourth-order valence-electron chi connectivity index (χ4n) is 1.25. The molecule has 4 nitrogen and oxygen atoms in total. The Labute approximate surface area is 109 Å². The highest BCUT2D eigenvalue weighted by atomic mass is 35.5. The Morgan fingerprint density at radius 2 is 1.94 bits per heavy atom. The minimum absolute atomic E-state index is 0. The summed E-state index contributed by atoms with van der Waals surface area (Å²) in [6.07, 6.45) is 0. The van der Waals surface area contributed by atoms with Gasteiger partial charge < -0.3 is 16.0 Å². The summed E-state index contributed by atoms with van der Waals surface area (Å²) in [4.78, 5) is 13.8. The molecule has 0 unspecified atom stereocenters. The molecule has 96 valence electrons. The first-order valence-corrected chi connectivity index (χ1v) is 5.45. The maximum absolute atomic E-state index is 11.7. The molecule has 1 aromatic rings. The highest BCUT2D eigenvalue weighted by molar-refractivity contribution is 5.94. The molecule has 0 saturated heterocycles. The van der Waals surface area contributed by atoms with E-state index in [2.05, 4.69) is 17.1 Å². The van der Waals surface area contributed by atoms with Crippen molar-refractivity contribution in [3.05, 3.63) is 29.8 Å². The SMILES string of the molecule is CCN(C)CCNC(=O)c1ccc(N)cc1.Cl. The van der Waals surface area contributed by atoms with Crippen LogP contribution in [0.3, 0.4) is 0 Å². The average molecular weight is 258 g/mol. The number of nitrogens with zero attached hydrogens (tertiary/aromatic N) is 1. The van der Waals surface area contributed by atoms with Crippen LogP contribution in [0.2, 0.25) is 0 Å². The molecule has 1 amide bonds. The second-order valence-electron chi connectivity index (χ2n) is 3.77. The standard InChI is InChI=1S/C12H19N3O.ClH/c1-3-15(2)9-8-14-12(16)10-4-6-11(13)7-5-10;/h4-7H,3,8-9,13H2,1-2H3,(H,14,16);1H. The van der Waals surface area contributed by atoms with E-state index in [0.29, 0.717) is 17.8 Å². The van der Waals surface area contributed by atoms with E-state index in [-0.39, 0.29) is 18.3 Å². The van der Waals surface area contributed by atoms with Crippen LogP contribution >= 0.6 is 12.4 Å². The number of carbonyl (C=O) groups excluding carboxylic acids is 1. The molecule has 0 heterocycles. The van der Waals surface area contributed by atoms with Crippen LogP contribution in [0, 0.1) is 0 Å². The van der Waals surface area contributed by atoms with Crippen LogP contribution in [0.15, 0.2) is 24.3 Å². The van der Waals surface area contributed by atoms with E-state index in [1.54, 1.807) is 24.3 Å². The lowest BCUT2D eigenvalue weighted by Crippen LogP contribution is -2.32. The Morgan fingerprint density at radius 1 is 1.35 bits per heavy atom. The molecule has 3 N–H and O–H groups in total. The quantitative estimate of drug-likeness (QED) is 0.784. The number of benzene rings is 1. The van der Waals surface area contributed by atoms with Crippen LogP contribution < -0.4 is 11.1 Å².